The highest BCUT2D eigenvalue weighted by molar-refractivity contribution is 7.89. The fourth-order valence-corrected chi connectivity index (χ4v) is 4.02. The molecule has 0 saturated carbocycles. The van der Waals surface area contributed by atoms with E-state index in [-0.39, 0.29) is 11.4 Å². The number of carbonyl (C=O) groups excluding carboxylic acids is 1. The summed E-state index contributed by atoms with van der Waals surface area (Å²) in [5.74, 6) is 2.49. The smallest absolute Gasteiger partial charge is 0.338 e. The quantitative estimate of drug-likeness (QED) is 0.329. The first-order chi connectivity index (χ1) is 14.9. The van der Waals surface area contributed by atoms with Crippen LogP contribution in [-0.4, -0.2) is 25.3 Å². The maximum absolute atomic E-state index is 13.2. The van der Waals surface area contributed by atoms with E-state index in [9.17, 15) is 13.2 Å². The van der Waals surface area contributed by atoms with Crippen LogP contribution in [-0.2, 0) is 21.3 Å². The minimum Gasteiger partial charge on any atom is -0.462 e. The first-order valence-corrected chi connectivity index (χ1v) is 11.3. The van der Waals surface area contributed by atoms with Crippen molar-refractivity contribution < 1.29 is 17.9 Å². The molecule has 0 bridgehead atoms. The average Bonchev–Trinajstić information content (AvgIpc) is 2.78. The summed E-state index contributed by atoms with van der Waals surface area (Å²) in [6, 6.07) is 25.3. The Kier molecular flexibility index (Phi) is 7.11. The fourth-order valence-electron chi connectivity index (χ4n) is 2.80. The first kappa shape index (κ1) is 22.1. The summed E-state index contributed by atoms with van der Waals surface area (Å²) in [6.07, 6.45) is 0. The van der Waals surface area contributed by atoms with Crippen LogP contribution in [0.2, 0.25) is 0 Å². The van der Waals surface area contributed by atoms with Gasteiger partial charge in [-0.1, -0.05) is 48.0 Å². The Morgan fingerprint density at radius 3 is 2.19 bits per heavy atom. The molecule has 3 aromatic rings. The molecule has 3 aromatic carbocycles. The Hall–Kier alpha value is -3.56. The summed E-state index contributed by atoms with van der Waals surface area (Å²) < 4.78 is 32.6. The van der Waals surface area contributed by atoms with Gasteiger partial charge < -0.3 is 4.74 Å². The lowest BCUT2D eigenvalue weighted by molar-refractivity contribution is 0.0526. The number of sulfonamides is 1. The number of hydrogen-bond acceptors (Lipinski definition) is 4. The van der Waals surface area contributed by atoms with Crippen molar-refractivity contribution in [3.8, 4) is 12.0 Å². The van der Waals surface area contributed by atoms with Crippen molar-refractivity contribution in [2.45, 2.75) is 25.3 Å². The van der Waals surface area contributed by atoms with Gasteiger partial charge in [-0.25, -0.2) is 17.5 Å². The molecule has 5 nitrogen and oxygen atoms in total. The maximum atomic E-state index is 13.2. The molecule has 0 amide bonds. The molecule has 6 heteroatoms. The molecular weight excluding hydrogens is 410 g/mol. The van der Waals surface area contributed by atoms with Crippen molar-refractivity contribution in [2.75, 3.05) is 6.61 Å². The molecule has 0 aliphatic rings. The second-order valence-corrected chi connectivity index (χ2v) is 8.71. The van der Waals surface area contributed by atoms with Gasteiger partial charge in [-0.15, -0.1) is 0 Å². The lowest BCUT2D eigenvalue weighted by Crippen LogP contribution is -2.26. The fraction of sp³-hybridized carbons (Fsp3) is 0.160. The molecule has 0 atom stereocenters. The summed E-state index contributed by atoms with van der Waals surface area (Å²) in [4.78, 5) is 12.0. The predicted octanol–water partition coefficient (Wildman–Crippen LogP) is 4.37. The Morgan fingerprint density at radius 2 is 1.58 bits per heavy atom. The van der Waals surface area contributed by atoms with Crippen molar-refractivity contribution in [1.82, 2.24) is 4.31 Å². The number of benzene rings is 3. The molecule has 0 aromatic heterocycles. The zero-order chi connectivity index (χ0) is 22.3. The number of nitrogens with zero attached hydrogens (tertiary/aromatic N) is 1. The van der Waals surface area contributed by atoms with Gasteiger partial charge in [-0.2, -0.15) is 0 Å². The van der Waals surface area contributed by atoms with Crippen LogP contribution in [0.1, 0.15) is 34.0 Å². The SMILES string of the molecule is CCOC(=O)c1ccc(C#CN(Cc2ccccc2)S(=O)(=O)c2ccc(C)cc2)cc1. The average molecular weight is 434 g/mol. The number of aryl methyl sites for hydroxylation is 1. The van der Waals surface area contributed by atoms with E-state index in [2.05, 4.69) is 12.0 Å². The van der Waals surface area contributed by atoms with Crippen molar-refractivity contribution in [2.24, 2.45) is 0 Å². The molecule has 0 aliphatic carbocycles. The number of rotatable bonds is 6. The Labute approximate surface area is 183 Å². The van der Waals surface area contributed by atoms with E-state index in [1.54, 1.807) is 55.5 Å². The molecule has 0 N–H and O–H groups in total. The Morgan fingerprint density at radius 1 is 0.935 bits per heavy atom. The van der Waals surface area contributed by atoms with Crippen molar-refractivity contribution >= 4 is 16.0 Å². The highest BCUT2D eigenvalue weighted by Crippen LogP contribution is 2.18. The third kappa shape index (κ3) is 5.74. The third-order valence-corrected chi connectivity index (χ3v) is 6.17. The van der Waals surface area contributed by atoms with Crippen LogP contribution in [0.3, 0.4) is 0 Å². The van der Waals surface area contributed by atoms with Crippen LogP contribution in [0, 0.1) is 18.9 Å². The number of ether oxygens (including phenoxy) is 1. The summed E-state index contributed by atoms with van der Waals surface area (Å²) in [5.41, 5.74) is 2.80. The van der Waals surface area contributed by atoms with E-state index < -0.39 is 16.0 Å². The van der Waals surface area contributed by atoms with E-state index in [0.29, 0.717) is 17.7 Å². The number of esters is 1. The maximum Gasteiger partial charge on any atom is 0.338 e. The Bertz CT molecular complexity index is 1190. The molecule has 0 radical (unpaired) electrons. The summed E-state index contributed by atoms with van der Waals surface area (Å²) in [6.45, 7) is 4.06. The molecule has 3 rings (SSSR count). The lowest BCUT2D eigenvalue weighted by atomic mass is 10.1. The number of hydrogen-bond donors (Lipinski definition) is 0. The third-order valence-electron chi connectivity index (χ3n) is 4.50. The second kappa shape index (κ2) is 9.96. The van der Waals surface area contributed by atoms with Gasteiger partial charge in [0, 0.05) is 11.6 Å². The molecular formula is C25H23NO4S. The molecule has 0 unspecified atom stereocenters. The van der Waals surface area contributed by atoms with Crippen molar-refractivity contribution in [1.29, 1.82) is 0 Å². The van der Waals surface area contributed by atoms with Crippen molar-refractivity contribution in [3.05, 3.63) is 101 Å². The van der Waals surface area contributed by atoms with Crippen LogP contribution in [0.15, 0.2) is 83.8 Å². The topological polar surface area (TPSA) is 63.7 Å². The highest BCUT2D eigenvalue weighted by Gasteiger charge is 2.22. The first-order valence-electron chi connectivity index (χ1n) is 9.82. The van der Waals surface area contributed by atoms with E-state index in [0.717, 1.165) is 15.4 Å². The lowest BCUT2D eigenvalue weighted by Gasteiger charge is -2.18. The highest BCUT2D eigenvalue weighted by atomic mass is 32.2. The Balaban J connectivity index is 1.92. The van der Waals surface area contributed by atoms with Gasteiger partial charge in [0.05, 0.1) is 23.6 Å². The van der Waals surface area contributed by atoms with Crippen LogP contribution < -0.4 is 0 Å². The molecule has 31 heavy (non-hydrogen) atoms. The van der Waals surface area contributed by atoms with Gasteiger partial charge in [0.2, 0.25) is 0 Å². The minimum atomic E-state index is -3.83. The predicted molar refractivity (Wildman–Crippen MR) is 120 cm³/mol. The van der Waals surface area contributed by atoms with Crippen molar-refractivity contribution in [3.63, 3.8) is 0 Å². The monoisotopic (exact) mass is 433 g/mol. The van der Waals surface area contributed by atoms with E-state index in [4.69, 9.17) is 4.74 Å². The van der Waals surface area contributed by atoms with E-state index in [1.807, 2.05) is 37.3 Å². The molecule has 0 heterocycles. The standard InChI is InChI=1S/C25H23NO4S/c1-3-30-25(27)23-13-11-21(12-14-23)17-18-26(19-22-7-5-4-6-8-22)31(28,29)24-15-9-20(2)10-16-24/h4-16H,3,19H2,1-2H3. The molecule has 0 saturated heterocycles. The van der Waals surface area contributed by atoms with Gasteiger partial charge in [0.25, 0.3) is 10.0 Å². The zero-order valence-electron chi connectivity index (χ0n) is 17.4. The zero-order valence-corrected chi connectivity index (χ0v) is 18.2. The molecule has 158 valence electrons. The van der Waals surface area contributed by atoms with Gasteiger partial charge in [-0.05, 0) is 61.7 Å². The summed E-state index contributed by atoms with van der Waals surface area (Å²) in [7, 11) is -3.83. The van der Waals surface area contributed by atoms with Gasteiger partial charge in [-0.3, -0.25) is 0 Å². The largest absolute Gasteiger partial charge is 0.462 e. The van der Waals surface area contributed by atoms with E-state index >= 15 is 0 Å². The van der Waals surface area contributed by atoms with Gasteiger partial charge >= 0.3 is 5.97 Å². The normalized spacial score (nSPS) is 10.6. The molecule has 0 fully saturated rings. The van der Waals surface area contributed by atoms with Gasteiger partial charge in [0.15, 0.2) is 0 Å². The van der Waals surface area contributed by atoms with Gasteiger partial charge in [0.1, 0.15) is 0 Å². The van der Waals surface area contributed by atoms with Crippen LogP contribution in [0.4, 0.5) is 0 Å². The minimum absolute atomic E-state index is 0.116. The van der Waals surface area contributed by atoms with Crippen LogP contribution >= 0.6 is 0 Å². The van der Waals surface area contributed by atoms with E-state index in [1.165, 1.54) is 0 Å². The van der Waals surface area contributed by atoms with Crippen LogP contribution in [0.25, 0.3) is 0 Å². The number of carbonyl (C=O) groups is 1. The second-order valence-electron chi connectivity index (χ2n) is 6.84. The molecule has 0 aliphatic heterocycles. The summed E-state index contributed by atoms with van der Waals surface area (Å²) in [5, 5.41) is 0. The molecule has 0 spiro atoms. The summed E-state index contributed by atoms with van der Waals surface area (Å²) >= 11 is 0. The van der Waals surface area contributed by atoms with Crippen LogP contribution in [0.5, 0.6) is 0 Å².